The minimum absolute atomic E-state index is 0.307. The van der Waals surface area contributed by atoms with Gasteiger partial charge in [-0.25, -0.2) is 0 Å². The summed E-state index contributed by atoms with van der Waals surface area (Å²) in [6.45, 7) is 0. The van der Waals surface area contributed by atoms with Crippen LogP contribution in [0.15, 0.2) is 144 Å². The average Bonchev–Trinajstić information content (AvgIpc) is 3.45. The van der Waals surface area contributed by atoms with Crippen molar-refractivity contribution in [3.8, 4) is 44.5 Å². The highest BCUT2D eigenvalue weighted by molar-refractivity contribution is 9.10. The van der Waals surface area contributed by atoms with Gasteiger partial charge in [-0.1, -0.05) is 137 Å². The average molecular weight is 547 g/mol. The molecule has 0 saturated carbocycles. The van der Waals surface area contributed by atoms with Gasteiger partial charge in [-0.3, -0.25) is 0 Å². The topological polar surface area (TPSA) is 0 Å². The van der Waals surface area contributed by atoms with Crippen molar-refractivity contribution in [2.75, 3.05) is 0 Å². The van der Waals surface area contributed by atoms with E-state index in [0.29, 0.717) is 0 Å². The number of hydrogen-bond donors (Lipinski definition) is 0. The Kier molecular flexibility index (Phi) is 4.68. The fraction of sp³-hybridized carbons (Fsp3) is 0.0270. The van der Waals surface area contributed by atoms with E-state index in [1.54, 1.807) is 0 Å². The van der Waals surface area contributed by atoms with Crippen LogP contribution in [-0.4, -0.2) is 0 Å². The molecule has 0 saturated heterocycles. The lowest BCUT2D eigenvalue weighted by molar-refractivity contribution is 0.794. The molecule has 8 rings (SSSR count). The SMILES string of the molecule is Brc1ccc(-c2cccc(-c3cccc4c3-c3ccccc3C43c4ccccc4-c4ccccc43)c2)cc1. The van der Waals surface area contributed by atoms with Crippen molar-refractivity contribution < 1.29 is 0 Å². The second-order valence-corrected chi connectivity index (χ2v) is 11.1. The Labute approximate surface area is 231 Å². The Morgan fingerprint density at radius 2 is 0.868 bits per heavy atom. The molecular formula is C37H23Br. The number of benzene rings is 6. The molecule has 0 aliphatic heterocycles. The summed E-state index contributed by atoms with van der Waals surface area (Å²) in [5, 5.41) is 0. The van der Waals surface area contributed by atoms with E-state index < -0.39 is 0 Å². The predicted octanol–water partition coefficient (Wildman–Crippen LogP) is 10.1. The summed E-state index contributed by atoms with van der Waals surface area (Å²) >= 11 is 3.57. The molecule has 0 radical (unpaired) electrons. The molecule has 1 heteroatoms. The summed E-state index contributed by atoms with van der Waals surface area (Å²) < 4.78 is 1.09. The zero-order valence-electron chi connectivity index (χ0n) is 20.7. The van der Waals surface area contributed by atoms with Gasteiger partial charge in [0.25, 0.3) is 0 Å². The molecule has 0 unspecified atom stereocenters. The van der Waals surface area contributed by atoms with Gasteiger partial charge in [0.15, 0.2) is 0 Å². The van der Waals surface area contributed by atoms with Crippen molar-refractivity contribution in [2.45, 2.75) is 5.41 Å². The maximum absolute atomic E-state index is 3.57. The molecule has 1 spiro atoms. The highest BCUT2D eigenvalue weighted by Gasteiger charge is 2.51. The van der Waals surface area contributed by atoms with E-state index in [0.717, 1.165) is 4.47 Å². The van der Waals surface area contributed by atoms with Crippen LogP contribution < -0.4 is 0 Å². The zero-order chi connectivity index (χ0) is 25.3. The standard InChI is InChI=1S/C37H23Br/c38-27-21-19-24(20-22-27)25-9-7-10-26(23-25)28-14-8-18-35-36(28)31-13-3-6-17-34(31)37(35)32-15-4-1-11-29(32)30-12-2-5-16-33(30)37/h1-23H. The summed E-state index contributed by atoms with van der Waals surface area (Å²) in [5.41, 5.74) is 15.6. The fourth-order valence-electron chi connectivity index (χ4n) is 6.89. The molecule has 0 aromatic heterocycles. The first-order valence-corrected chi connectivity index (χ1v) is 13.9. The van der Waals surface area contributed by atoms with Crippen molar-refractivity contribution in [3.05, 3.63) is 166 Å². The molecule has 6 aromatic carbocycles. The van der Waals surface area contributed by atoms with E-state index in [2.05, 4.69) is 155 Å². The van der Waals surface area contributed by atoms with Gasteiger partial charge in [0.1, 0.15) is 0 Å². The van der Waals surface area contributed by atoms with Gasteiger partial charge in [-0.2, -0.15) is 0 Å². The van der Waals surface area contributed by atoms with Crippen molar-refractivity contribution in [1.29, 1.82) is 0 Å². The number of hydrogen-bond acceptors (Lipinski definition) is 0. The van der Waals surface area contributed by atoms with E-state index in [1.807, 2.05) is 0 Å². The van der Waals surface area contributed by atoms with Crippen molar-refractivity contribution in [1.82, 2.24) is 0 Å². The monoisotopic (exact) mass is 546 g/mol. The van der Waals surface area contributed by atoms with Crippen LogP contribution in [0.25, 0.3) is 44.5 Å². The van der Waals surface area contributed by atoms with Crippen LogP contribution in [0.5, 0.6) is 0 Å². The third-order valence-electron chi connectivity index (χ3n) is 8.37. The van der Waals surface area contributed by atoms with Gasteiger partial charge in [0.05, 0.1) is 5.41 Å². The van der Waals surface area contributed by atoms with Gasteiger partial charge < -0.3 is 0 Å². The molecule has 0 heterocycles. The van der Waals surface area contributed by atoms with E-state index in [4.69, 9.17) is 0 Å². The van der Waals surface area contributed by atoms with E-state index in [9.17, 15) is 0 Å². The van der Waals surface area contributed by atoms with Crippen LogP contribution in [-0.2, 0) is 5.41 Å². The minimum atomic E-state index is -0.307. The minimum Gasteiger partial charge on any atom is -0.0619 e. The van der Waals surface area contributed by atoms with Crippen molar-refractivity contribution in [2.24, 2.45) is 0 Å². The lowest BCUT2D eigenvalue weighted by Crippen LogP contribution is -2.25. The maximum atomic E-state index is 3.57. The maximum Gasteiger partial charge on any atom is 0.0725 e. The van der Waals surface area contributed by atoms with Crippen LogP contribution in [0, 0.1) is 0 Å². The van der Waals surface area contributed by atoms with Crippen LogP contribution in [0.2, 0.25) is 0 Å². The van der Waals surface area contributed by atoms with E-state index >= 15 is 0 Å². The quantitative estimate of drug-likeness (QED) is 0.202. The van der Waals surface area contributed by atoms with Crippen molar-refractivity contribution in [3.63, 3.8) is 0 Å². The van der Waals surface area contributed by atoms with Gasteiger partial charge in [-0.15, -0.1) is 0 Å². The molecule has 0 nitrogen and oxygen atoms in total. The van der Waals surface area contributed by atoms with Crippen LogP contribution in [0.1, 0.15) is 22.3 Å². The molecule has 178 valence electrons. The third kappa shape index (κ3) is 2.85. The lowest BCUT2D eigenvalue weighted by atomic mass is 9.70. The van der Waals surface area contributed by atoms with E-state index in [1.165, 1.54) is 66.8 Å². The third-order valence-corrected chi connectivity index (χ3v) is 8.90. The summed E-state index contributed by atoms with van der Waals surface area (Å²) in [4.78, 5) is 0. The van der Waals surface area contributed by atoms with E-state index in [-0.39, 0.29) is 5.41 Å². The first-order chi connectivity index (χ1) is 18.8. The van der Waals surface area contributed by atoms with Crippen molar-refractivity contribution >= 4 is 15.9 Å². The summed E-state index contributed by atoms with van der Waals surface area (Å²) in [6.07, 6.45) is 0. The molecule has 0 amide bonds. The largest absolute Gasteiger partial charge is 0.0725 e. The normalized spacial score (nSPS) is 13.6. The molecule has 0 bridgehead atoms. The van der Waals surface area contributed by atoms with Crippen LogP contribution in [0.3, 0.4) is 0 Å². The smallest absolute Gasteiger partial charge is 0.0619 e. The van der Waals surface area contributed by atoms with Crippen LogP contribution in [0.4, 0.5) is 0 Å². The second kappa shape index (κ2) is 8.15. The highest BCUT2D eigenvalue weighted by atomic mass is 79.9. The van der Waals surface area contributed by atoms with Gasteiger partial charge >= 0.3 is 0 Å². The number of fused-ring (bicyclic) bond motifs is 10. The fourth-order valence-corrected chi connectivity index (χ4v) is 7.16. The molecule has 0 fully saturated rings. The first kappa shape index (κ1) is 21.8. The van der Waals surface area contributed by atoms with Gasteiger partial charge in [0, 0.05) is 4.47 Å². The first-order valence-electron chi connectivity index (χ1n) is 13.1. The van der Waals surface area contributed by atoms with Gasteiger partial charge in [0.2, 0.25) is 0 Å². The summed E-state index contributed by atoms with van der Waals surface area (Å²) in [6, 6.07) is 51.4. The Hall–Kier alpha value is -4.20. The molecule has 2 aliphatic rings. The summed E-state index contributed by atoms with van der Waals surface area (Å²) in [7, 11) is 0. The zero-order valence-corrected chi connectivity index (χ0v) is 22.2. The molecule has 0 N–H and O–H groups in total. The molecule has 6 aromatic rings. The Morgan fingerprint density at radius 3 is 1.55 bits per heavy atom. The highest BCUT2D eigenvalue weighted by Crippen LogP contribution is 2.63. The molecular weight excluding hydrogens is 524 g/mol. The number of halogens is 1. The Balaban J connectivity index is 1.43. The van der Waals surface area contributed by atoms with Crippen LogP contribution >= 0.6 is 15.9 Å². The Bertz CT molecular complexity index is 1830. The molecule has 38 heavy (non-hydrogen) atoms. The molecule has 0 atom stereocenters. The second-order valence-electron chi connectivity index (χ2n) is 10.2. The van der Waals surface area contributed by atoms with Gasteiger partial charge in [-0.05, 0) is 85.0 Å². The predicted molar refractivity (Wildman–Crippen MR) is 161 cm³/mol. The lowest BCUT2D eigenvalue weighted by Gasteiger charge is -2.30. The number of rotatable bonds is 2. The summed E-state index contributed by atoms with van der Waals surface area (Å²) in [5.74, 6) is 0. The molecule has 2 aliphatic carbocycles. The Morgan fingerprint density at radius 1 is 0.368 bits per heavy atom.